The minimum atomic E-state index is -0.273. The summed E-state index contributed by atoms with van der Waals surface area (Å²) in [6.45, 7) is 2.27. The first-order chi connectivity index (χ1) is 10.2. The lowest BCUT2D eigenvalue weighted by Gasteiger charge is -2.10. The number of nitrogens with one attached hydrogen (secondary N) is 1. The molecule has 21 heavy (non-hydrogen) atoms. The van der Waals surface area contributed by atoms with Crippen LogP contribution in [0.2, 0.25) is 0 Å². The maximum absolute atomic E-state index is 12.3. The lowest BCUT2D eigenvalue weighted by molar-refractivity contribution is 0.102. The monoisotopic (exact) mass is 284 g/mol. The van der Waals surface area contributed by atoms with Crippen LogP contribution in [0.4, 0.5) is 5.82 Å². The molecule has 108 valence electrons. The maximum Gasteiger partial charge on any atom is 0.260 e. The summed E-state index contributed by atoms with van der Waals surface area (Å²) in [5.74, 6) is 0.805. The Morgan fingerprint density at radius 1 is 1.48 bits per heavy atom. The number of methoxy groups -OCH3 is 1. The van der Waals surface area contributed by atoms with E-state index < -0.39 is 0 Å². The van der Waals surface area contributed by atoms with Gasteiger partial charge in [0.15, 0.2) is 0 Å². The average molecular weight is 284 g/mol. The van der Waals surface area contributed by atoms with Crippen molar-refractivity contribution < 1.29 is 9.53 Å². The number of aromatic nitrogens is 2. The van der Waals surface area contributed by atoms with Crippen molar-refractivity contribution in [2.24, 2.45) is 0 Å². The summed E-state index contributed by atoms with van der Waals surface area (Å²) in [5.41, 5.74) is 1.23. The van der Waals surface area contributed by atoms with Crippen LogP contribution in [0.25, 0.3) is 0 Å². The number of ether oxygens (including phenoxy) is 1. The summed E-state index contributed by atoms with van der Waals surface area (Å²) < 4.78 is 6.80. The minimum absolute atomic E-state index is 0.273. The van der Waals surface area contributed by atoms with Crippen molar-refractivity contribution in [2.45, 2.75) is 19.9 Å². The van der Waals surface area contributed by atoms with Crippen molar-refractivity contribution in [1.29, 1.82) is 5.26 Å². The first kappa shape index (κ1) is 14.6. The number of hydrogen-bond donors (Lipinski definition) is 1. The van der Waals surface area contributed by atoms with Gasteiger partial charge in [-0.15, -0.1) is 0 Å². The van der Waals surface area contributed by atoms with Crippen LogP contribution in [0.1, 0.15) is 22.5 Å². The molecule has 1 heterocycles. The molecule has 6 nitrogen and oxygen atoms in total. The standard InChI is InChI=1S/C15H16N4O2/c1-11-10-14(19(18-11)9-5-8-16)17-15(20)12-6-3-4-7-13(12)21-2/h3-4,6-7,10H,5,9H2,1-2H3,(H,17,20). The molecule has 0 fully saturated rings. The van der Waals surface area contributed by atoms with Crippen LogP contribution in [-0.4, -0.2) is 22.8 Å². The first-order valence-corrected chi connectivity index (χ1v) is 6.51. The number of anilines is 1. The van der Waals surface area contributed by atoms with E-state index in [1.807, 2.05) is 6.92 Å². The number of nitrogens with zero attached hydrogens (tertiary/aromatic N) is 3. The second kappa shape index (κ2) is 6.57. The molecule has 2 aromatic rings. The fourth-order valence-electron chi connectivity index (χ4n) is 1.99. The van der Waals surface area contributed by atoms with Gasteiger partial charge in [0, 0.05) is 6.07 Å². The second-order valence-corrected chi connectivity index (χ2v) is 4.46. The van der Waals surface area contributed by atoms with E-state index >= 15 is 0 Å². The van der Waals surface area contributed by atoms with Gasteiger partial charge in [0.05, 0.1) is 37.4 Å². The zero-order chi connectivity index (χ0) is 15.2. The van der Waals surface area contributed by atoms with Crippen LogP contribution >= 0.6 is 0 Å². The molecule has 0 unspecified atom stereocenters. The van der Waals surface area contributed by atoms with Gasteiger partial charge in [0.25, 0.3) is 5.91 Å². The van der Waals surface area contributed by atoms with Crippen molar-refractivity contribution in [3.8, 4) is 11.8 Å². The van der Waals surface area contributed by atoms with E-state index in [-0.39, 0.29) is 5.91 Å². The molecule has 2 rings (SSSR count). The maximum atomic E-state index is 12.3. The quantitative estimate of drug-likeness (QED) is 0.914. The van der Waals surface area contributed by atoms with Gasteiger partial charge in [0.1, 0.15) is 11.6 Å². The Labute approximate surface area is 123 Å². The highest BCUT2D eigenvalue weighted by atomic mass is 16.5. The van der Waals surface area contributed by atoms with E-state index in [2.05, 4.69) is 16.5 Å². The molecular weight excluding hydrogens is 268 g/mol. The lowest BCUT2D eigenvalue weighted by atomic mass is 10.2. The van der Waals surface area contributed by atoms with Crippen molar-refractivity contribution in [3.05, 3.63) is 41.6 Å². The van der Waals surface area contributed by atoms with E-state index in [0.717, 1.165) is 5.69 Å². The molecule has 0 saturated carbocycles. The van der Waals surface area contributed by atoms with Crippen LogP contribution in [0, 0.1) is 18.3 Å². The smallest absolute Gasteiger partial charge is 0.260 e. The van der Waals surface area contributed by atoms with Crippen LogP contribution in [0.3, 0.4) is 0 Å². The van der Waals surface area contributed by atoms with Gasteiger partial charge < -0.3 is 10.1 Å². The highest BCUT2D eigenvalue weighted by Gasteiger charge is 2.14. The number of rotatable bonds is 5. The molecule has 0 atom stereocenters. The third kappa shape index (κ3) is 3.39. The average Bonchev–Trinajstić information content (AvgIpc) is 2.84. The molecule has 0 saturated heterocycles. The van der Waals surface area contributed by atoms with Crippen molar-refractivity contribution >= 4 is 11.7 Å². The van der Waals surface area contributed by atoms with Gasteiger partial charge in [-0.1, -0.05) is 12.1 Å². The lowest BCUT2D eigenvalue weighted by Crippen LogP contribution is -2.16. The SMILES string of the molecule is COc1ccccc1C(=O)Nc1cc(C)nn1CCC#N. The van der Waals surface area contributed by atoms with E-state index in [4.69, 9.17) is 10.00 Å². The number of amides is 1. The van der Waals surface area contributed by atoms with Gasteiger partial charge in [-0.3, -0.25) is 4.79 Å². The topological polar surface area (TPSA) is 79.9 Å². The van der Waals surface area contributed by atoms with Crippen LogP contribution in [-0.2, 0) is 6.54 Å². The highest BCUT2D eigenvalue weighted by Crippen LogP contribution is 2.19. The summed E-state index contributed by atoms with van der Waals surface area (Å²) in [6, 6.07) is 10.8. The third-order valence-corrected chi connectivity index (χ3v) is 2.93. The Morgan fingerprint density at radius 3 is 2.95 bits per heavy atom. The molecular formula is C15H16N4O2. The largest absolute Gasteiger partial charge is 0.496 e. The molecule has 0 aliphatic heterocycles. The molecule has 1 N–H and O–H groups in total. The van der Waals surface area contributed by atoms with E-state index in [1.54, 1.807) is 35.0 Å². The Morgan fingerprint density at radius 2 is 2.24 bits per heavy atom. The molecule has 0 spiro atoms. The predicted molar refractivity (Wildman–Crippen MR) is 78.1 cm³/mol. The van der Waals surface area contributed by atoms with Crippen LogP contribution in [0.15, 0.2) is 30.3 Å². The van der Waals surface area contributed by atoms with Gasteiger partial charge >= 0.3 is 0 Å². The number of carbonyl (C=O) groups excluding carboxylic acids is 1. The summed E-state index contributed by atoms with van der Waals surface area (Å²) in [7, 11) is 1.52. The molecule has 0 bridgehead atoms. The normalized spacial score (nSPS) is 9.95. The van der Waals surface area contributed by atoms with E-state index in [1.165, 1.54) is 7.11 Å². The Hall–Kier alpha value is -2.81. The van der Waals surface area contributed by atoms with Gasteiger partial charge in [-0.05, 0) is 19.1 Å². The molecule has 0 aliphatic rings. The fraction of sp³-hybridized carbons (Fsp3) is 0.267. The number of nitriles is 1. The highest BCUT2D eigenvalue weighted by molar-refractivity contribution is 6.05. The predicted octanol–water partition coefficient (Wildman–Crippen LogP) is 2.37. The number of aryl methyl sites for hydroxylation is 2. The number of benzene rings is 1. The third-order valence-electron chi connectivity index (χ3n) is 2.93. The van der Waals surface area contributed by atoms with Gasteiger partial charge in [-0.2, -0.15) is 10.4 Å². The molecule has 1 amide bonds. The molecule has 1 aromatic carbocycles. The summed E-state index contributed by atoms with van der Waals surface area (Å²) in [4.78, 5) is 12.3. The zero-order valence-corrected chi connectivity index (χ0v) is 12.0. The van der Waals surface area contributed by atoms with Crippen LogP contribution in [0.5, 0.6) is 5.75 Å². The van der Waals surface area contributed by atoms with Gasteiger partial charge in [-0.25, -0.2) is 4.68 Å². The number of para-hydroxylation sites is 1. The minimum Gasteiger partial charge on any atom is -0.496 e. The Bertz CT molecular complexity index is 685. The Kier molecular flexibility index (Phi) is 4.57. The second-order valence-electron chi connectivity index (χ2n) is 4.46. The van der Waals surface area contributed by atoms with Crippen LogP contribution < -0.4 is 10.1 Å². The zero-order valence-electron chi connectivity index (χ0n) is 12.0. The molecule has 0 aliphatic carbocycles. The number of carbonyl (C=O) groups is 1. The Balaban J connectivity index is 2.22. The van der Waals surface area contributed by atoms with Crippen molar-refractivity contribution in [3.63, 3.8) is 0 Å². The molecule has 1 aromatic heterocycles. The molecule has 6 heteroatoms. The van der Waals surface area contributed by atoms with Crippen molar-refractivity contribution in [2.75, 3.05) is 12.4 Å². The van der Waals surface area contributed by atoms with E-state index in [0.29, 0.717) is 30.1 Å². The van der Waals surface area contributed by atoms with Crippen molar-refractivity contribution in [1.82, 2.24) is 9.78 Å². The summed E-state index contributed by atoms with van der Waals surface area (Å²) in [6.07, 6.45) is 0.332. The number of hydrogen-bond acceptors (Lipinski definition) is 4. The summed E-state index contributed by atoms with van der Waals surface area (Å²) in [5, 5.41) is 15.7. The first-order valence-electron chi connectivity index (χ1n) is 6.51. The van der Waals surface area contributed by atoms with Gasteiger partial charge in [0.2, 0.25) is 0 Å². The summed E-state index contributed by atoms with van der Waals surface area (Å²) >= 11 is 0. The fourth-order valence-corrected chi connectivity index (χ4v) is 1.99. The molecule has 0 radical (unpaired) electrons. The van der Waals surface area contributed by atoms with E-state index in [9.17, 15) is 4.79 Å².